The zero-order chi connectivity index (χ0) is 15.1. The quantitative estimate of drug-likeness (QED) is 0.918. The Balaban J connectivity index is 1.65. The van der Waals surface area contributed by atoms with E-state index in [2.05, 4.69) is 17.4 Å². The van der Waals surface area contributed by atoms with Gasteiger partial charge in [-0.05, 0) is 37.0 Å². The fraction of sp³-hybridized carbons (Fsp3) is 0.316. The van der Waals surface area contributed by atoms with Crippen molar-refractivity contribution >= 4 is 5.78 Å². The number of carbonyl (C=O) groups excluding carboxylic acids is 1. The van der Waals surface area contributed by atoms with Crippen molar-refractivity contribution in [3.63, 3.8) is 0 Å². The second-order valence-corrected chi connectivity index (χ2v) is 6.21. The molecule has 0 amide bonds. The first kappa shape index (κ1) is 13.4. The Morgan fingerprint density at radius 3 is 2.64 bits per heavy atom. The van der Waals surface area contributed by atoms with Gasteiger partial charge in [-0.2, -0.15) is 0 Å². The van der Waals surface area contributed by atoms with E-state index in [1.165, 1.54) is 5.56 Å². The van der Waals surface area contributed by atoms with Gasteiger partial charge in [0.05, 0.1) is 5.92 Å². The maximum absolute atomic E-state index is 12.7. The smallest absolute Gasteiger partial charge is 0.162 e. The lowest BCUT2D eigenvalue weighted by molar-refractivity contribution is -0.116. The van der Waals surface area contributed by atoms with Crippen LogP contribution in [0.5, 0.6) is 0 Å². The third kappa shape index (κ3) is 2.17. The summed E-state index contributed by atoms with van der Waals surface area (Å²) in [5.74, 6) is 2.43. The van der Waals surface area contributed by atoms with Gasteiger partial charge in [0.1, 0.15) is 11.5 Å². The molecule has 0 spiro atoms. The van der Waals surface area contributed by atoms with Crippen LogP contribution in [0.1, 0.15) is 41.8 Å². The Bertz CT molecular complexity index is 742. The van der Waals surface area contributed by atoms with Gasteiger partial charge in [0.25, 0.3) is 0 Å². The van der Waals surface area contributed by atoms with E-state index >= 15 is 0 Å². The number of Topliss-reactive ketones (excluding diaryl/α,β-unsaturated/α-hetero) is 1. The lowest BCUT2D eigenvalue weighted by Gasteiger charge is -2.24. The van der Waals surface area contributed by atoms with Gasteiger partial charge in [-0.1, -0.05) is 30.3 Å². The average Bonchev–Trinajstić information content (AvgIpc) is 3.14. The van der Waals surface area contributed by atoms with Crippen LogP contribution in [0.25, 0.3) is 0 Å². The van der Waals surface area contributed by atoms with Crippen molar-refractivity contribution in [3.8, 4) is 0 Å². The maximum Gasteiger partial charge on any atom is 0.162 e. The summed E-state index contributed by atoms with van der Waals surface area (Å²) in [6, 6.07) is 14.3. The molecule has 3 heteroatoms. The standard InChI is InChI=1S/C19H19NO2/c1-12-7-8-18(22-12)15-11-20-16-9-14(10-17(21)19(15)16)13-5-3-2-4-6-13/h2-8,14-15,20H,9-11H2,1H3. The van der Waals surface area contributed by atoms with E-state index in [4.69, 9.17) is 4.42 Å². The Morgan fingerprint density at radius 1 is 1.09 bits per heavy atom. The zero-order valence-corrected chi connectivity index (χ0v) is 12.6. The molecule has 0 saturated carbocycles. The van der Waals surface area contributed by atoms with Crippen LogP contribution in [0.2, 0.25) is 0 Å². The summed E-state index contributed by atoms with van der Waals surface area (Å²) in [6.45, 7) is 2.71. The number of ketones is 1. The fourth-order valence-electron chi connectivity index (χ4n) is 3.67. The van der Waals surface area contributed by atoms with Crippen LogP contribution in [0, 0.1) is 6.92 Å². The van der Waals surface area contributed by atoms with Crippen molar-refractivity contribution in [2.45, 2.75) is 31.6 Å². The average molecular weight is 293 g/mol. The molecule has 1 N–H and O–H groups in total. The monoisotopic (exact) mass is 293 g/mol. The van der Waals surface area contributed by atoms with Gasteiger partial charge in [-0.25, -0.2) is 0 Å². The highest BCUT2D eigenvalue weighted by molar-refractivity contribution is 5.99. The number of hydrogen-bond donors (Lipinski definition) is 1. The number of furan rings is 1. The lowest BCUT2D eigenvalue weighted by atomic mass is 9.79. The number of aryl methyl sites for hydroxylation is 1. The van der Waals surface area contributed by atoms with Crippen LogP contribution in [-0.4, -0.2) is 12.3 Å². The molecule has 2 aromatic rings. The Hall–Kier alpha value is -2.29. The molecule has 2 unspecified atom stereocenters. The van der Waals surface area contributed by atoms with Gasteiger partial charge < -0.3 is 9.73 Å². The van der Waals surface area contributed by atoms with E-state index in [-0.39, 0.29) is 17.6 Å². The highest BCUT2D eigenvalue weighted by Crippen LogP contribution is 2.42. The Morgan fingerprint density at radius 2 is 1.91 bits per heavy atom. The maximum atomic E-state index is 12.7. The molecular formula is C19H19NO2. The molecule has 2 heterocycles. The van der Waals surface area contributed by atoms with E-state index < -0.39 is 0 Å². The second kappa shape index (κ2) is 5.16. The second-order valence-electron chi connectivity index (χ2n) is 6.21. The van der Waals surface area contributed by atoms with Crippen molar-refractivity contribution in [2.24, 2.45) is 0 Å². The first-order valence-corrected chi connectivity index (χ1v) is 7.84. The normalized spacial score (nSPS) is 24.3. The van der Waals surface area contributed by atoms with Crippen LogP contribution < -0.4 is 5.32 Å². The third-order valence-electron chi connectivity index (χ3n) is 4.75. The van der Waals surface area contributed by atoms with E-state index in [0.717, 1.165) is 35.8 Å². The minimum Gasteiger partial charge on any atom is -0.466 e. The number of benzene rings is 1. The van der Waals surface area contributed by atoms with Crippen molar-refractivity contribution < 1.29 is 9.21 Å². The molecular weight excluding hydrogens is 274 g/mol. The van der Waals surface area contributed by atoms with Crippen molar-refractivity contribution in [1.82, 2.24) is 5.32 Å². The summed E-state index contributed by atoms with van der Waals surface area (Å²) in [5.41, 5.74) is 3.31. The van der Waals surface area contributed by atoms with E-state index in [9.17, 15) is 4.79 Å². The van der Waals surface area contributed by atoms with E-state index in [1.807, 2.05) is 37.3 Å². The molecule has 4 rings (SSSR count). The largest absolute Gasteiger partial charge is 0.466 e. The Kier molecular flexibility index (Phi) is 3.14. The molecule has 1 aromatic heterocycles. The third-order valence-corrected chi connectivity index (χ3v) is 4.75. The summed E-state index contributed by atoms with van der Waals surface area (Å²) < 4.78 is 5.75. The number of nitrogens with one attached hydrogen (secondary N) is 1. The van der Waals surface area contributed by atoms with Gasteiger partial charge in [0.15, 0.2) is 5.78 Å². The molecule has 0 saturated heterocycles. The van der Waals surface area contributed by atoms with Crippen LogP contribution in [0.3, 0.4) is 0 Å². The topological polar surface area (TPSA) is 42.2 Å². The van der Waals surface area contributed by atoms with Crippen LogP contribution in [0.4, 0.5) is 0 Å². The van der Waals surface area contributed by atoms with Gasteiger partial charge in [0.2, 0.25) is 0 Å². The summed E-state index contributed by atoms with van der Waals surface area (Å²) >= 11 is 0. The molecule has 2 aliphatic rings. The van der Waals surface area contributed by atoms with Gasteiger partial charge >= 0.3 is 0 Å². The molecule has 2 atom stereocenters. The number of hydrogen-bond acceptors (Lipinski definition) is 3. The van der Waals surface area contributed by atoms with Crippen molar-refractivity contribution in [2.75, 3.05) is 6.54 Å². The zero-order valence-electron chi connectivity index (χ0n) is 12.6. The molecule has 112 valence electrons. The van der Waals surface area contributed by atoms with Gasteiger partial charge in [-0.3, -0.25) is 4.79 Å². The minimum atomic E-state index is 0.0768. The molecule has 1 aliphatic carbocycles. The highest BCUT2D eigenvalue weighted by Gasteiger charge is 2.38. The van der Waals surface area contributed by atoms with E-state index in [1.54, 1.807) is 0 Å². The van der Waals surface area contributed by atoms with E-state index in [0.29, 0.717) is 6.42 Å². The summed E-state index contributed by atoms with van der Waals surface area (Å²) in [6.07, 6.45) is 1.52. The molecule has 0 radical (unpaired) electrons. The predicted molar refractivity (Wildman–Crippen MR) is 84.6 cm³/mol. The van der Waals surface area contributed by atoms with Gasteiger partial charge in [-0.15, -0.1) is 0 Å². The number of rotatable bonds is 2. The van der Waals surface area contributed by atoms with Crippen LogP contribution in [-0.2, 0) is 4.79 Å². The summed E-state index contributed by atoms with van der Waals surface area (Å²) in [4.78, 5) is 12.7. The van der Waals surface area contributed by atoms with Crippen molar-refractivity contribution in [3.05, 3.63) is 70.8 Å². The fourth-order valence-corrected chi connectivity index (χ4v) is 3.67. The predicted octanol–water partition coefficient (Wildman–Crippen LogP) is 3.68. The molecule has 1 aliphatic heterocycles. The molecule has 0 fully saturated rings. The molecule has 0 bridgehead atoms. The summed E-state index contributed by atoms with van der Waals surface area (Å²) in [5, 5.41) is 3.45. The molecule has 22 heavy (non-hydrogen) atoms. The van der Waals surface area contributed by atoms with Crippen molar-refractivity contribution in [1.29, 1.82) is 0 Å². The lowest BCUT2D eigenvalue weighted by Crippen LogP contribution is -2.20. The van der Waals surface area contributed by atoms with Gasteiger partial charge in [0, 0.05) is 24.2 Å². The minimum absolute atomic E-state index is 0.0768. The number of carbonyl (C=O) groups is 1. The van der Waals surface area contributed by atoms with Crippen LogP contribution >= 0.6 is 0 Å². The highest BCUT2D eigenvalue weighted by atomic mass is 16.3. The summed E-state index contributed by atoms with van der Waals surface area (Å²) in [7, 11) is 0. The number of allylic oxidation sites excluding steroid dienone is 1. The Labute approximate surface area is 130 Å². The molecule has 1 aromatic carbocycles. The first-order chi connectivity index (χ1) is 10.7. The van der Waals surface area contributed by atoms with Crippen LogP contribution in [0.15, 0.2) is 58.2 Å². The molecule has 3 nitrogen and oxygen atoms in total. The first-order valence-electron chi connectivity index (χ1n) is 7.84. The SMILES string of the molecule is Cc1ccc(C2CNC3=C2C(=O)CC(c2ccccc2)C3)o1.